The Labute approximate surface area is 113 Å². The van der Waals surface area contributed by atoms with E-state index < -0.39 is 11.3 Å². The summed E-state index contributed by atoms with van der Waals surface area (Å²) in [7, 11) is 0. The molecular formula is C14H19ClO3. The first-order valence-corrected chi connectivity index (χ1v) is 6.26. The van der Waals surface area contributed by atoms with Crippen LogP contribution in [-0.2, 0) is 10.2 Å². The van der Waals surface area contributed by atoms with Crippen LogP contribution >= 0.6 is 11.6 Å². The first kappa shape index (κ1) is 14.8. The van der Waals surface area contributed by atoms with Crippen LogP contribution in [0.2, 0.25) is 0 Å². The standard InChI is InChI=1S/C14H19ClO3/c1-9-5-6-12(10(7-9)14(2,3)4)18-8-11(15)13(16)17/h5-7,11H,8H2,1-4H3,(H,16,17). The number of aliphatic carboxylic acids is 1. The van der Waals surface area contributed by atoms with E-state index >= 15 is 0 Å². The van der Waals surface area contributed by atoms with Gasteiger partial charge in [-0.25, -0.2) is 0 Å². The summed E-state index contributed by atoms with van der Waals surface area (Å²) < 4.78 is 5.53. The zero-order valence-electron chi connectivity index (χ0n) is 11.2. The minimum Gasteiger partial charge on any atom is -0.491 e. The van der Waals surface area contributed by atoms with E-state index in [2.05, 4.69) is 26.8 Å². The fourth-order valence-electron chi connectivity index (χ4n) is 1.59. The summed E-state index contributed by atoms with van der Waals surface area (Å²) >= 11 is 5.64. The second-order valence-electron chi connectivity index (χ2n) is 5.37. The molecule has 0 saturated heterocycles. The molecule has 0 saturated carbocycles. The predicted molar refractivity (Wildman–Crippen MR) is 72.7 cm³/mol. The number of carbonyl (C=O) groups is 1. The van der Waals surface area contributed by atoms with Crippen molar-refractivity contribution in [3.05, 3.63) is 29.3 Å². The minimum atomic E-state index is -1.07. The van der Waals surface area contributed by atoms with Gasteiger partial charge in [0.2, 0.25) is 0 Å². The highest BCUT2D eigenvalue weighted by atomic mass is 35.5. The van der Waals surface area contributed by atoms with Gasteiger partial charge in [0.25, 0.3) is 0 Å². The van der Waals surface area contributed by atoms with Crippen LogP contribution in [0.3, 0.4) is 0 Å². The topological polar surface area (TPSA) is 46.5 Å². The summed E-state index contributed by atoms with van der Waals surface area (Å²) in [5.41, 5.74) is 2.14. The van der Waals surface area contributed by atoms with Crippen molar-refractivity contribution in [3.8, 4) is 5.75 Å². The van der Waals surface area contributed by atoms with Crippen molar-refractivity contribution >= 4 is 17.6 Å². The summed E-state index contributed by atoms with van der Waals surface area (Å²) in [5.74, 6) is -0.374. The predicted octanol–water partition coefficient (Wildman–Crippen LogP) is 3.36. The monoisotopic (exact) mass is 270 g/mol. The summed E-state index contributed by atoms with van der Waals surface area (Å²) in [6.07, 6.45) is 0. The van der Waals surface area contributed by atoms with Gasteiger partial charge in [-0.2, -0.15) is 0 Å². The first-order chi connectivity index (χ1) is 8.21. The zero-order chi connectivity index (χ0) is 13.9. The number of halogens is 1. The van der Waals surface area contributed by atoms with E-state index in [9.17, 15) is 4.79 Å². The summed E-state index contributed by atoms with van der Waals surface area (Å²) in [6.45, 7) is 8.24. The summed E-state index contributed by atoms with van der Waals surface area (Å²) in [6, 6.07) is 5.86. The van der Waals surface area contributed by atoms with Gasteiger partial charge in [0.05, 0.1) is 0 Å². The maximum atomic E-state index is 10.6. The number of hydrogen-bond donors (Lipinski definition) is 1. The molecule has 0 bridgehead atoms. The van der Waals surface area contributed by atoms with Gasteiger partial charge in [0.1, 0.15) is 12.4 Å². The van der Waals surface area contributed by atoms with Crippen molar-refractivity contribution in [1.82, 2.24) is 0 Å². The summed E-state index contributed by atoms with van der Waals surface area (Å²) in [4.78, 5) is 10.6. The van der Waals surface area contributed by atoms with Gasteiger partial charge in [0, 0.05) is 0 Å². The maximum Gasteiger partial charge on any atom is 0.325 e. The third kappa shape index (κ3) is 3.91. The molecule has 1 unspecified atom stereocenters. The molecule has 1 atom stereocenters. The number of ether oxygens (including phenoxy) is 1. The normalized spacial score (nSPS) is 13.2. The molecule has 1 aromatic carbocycles. The number of aryl methyl sites for hydroxylation is 1. The second kappa shape index (κ2) is 5.61. The molecule has 4 heteroatoms. The highest BCUT2D eigenvalue weighted by Gasteiger charge is 2.21. The van der Waals surface area contributed by atoms with E-state index in [0.717, 1.165) is 11.1 Å². The van der Waals surface area contributed by atoms with Crippen molar-refractivity contribution in [3.63, 3.8) is 0 Å². The molecule has 0 amide bonds. The number of carboxylic acid groups (broad SMARTS) is 1. The maximum absolute atomic E-state index is 10.6. The van der Waals surface area contributed by atoms with Gasteiger partial charge in [-0.15, -0.1) is 11.6 Å². The van der Waals surface area contributed by atoms with Crippen molar-refractivity contribution in [2.45, 2.75) is 38.5 Å². The molecule has 0 radical (unpaired) electrons. The zero-order valence-corrected chi connectivity index (χ0v) is 11.9. The van der Waals surface area contributed by atoms with E-state index in [0.29, 0.717) is 5.75 Å². The van der Waals surface area contributed by atoms with Gasteiger partial charge in [-0.1, -0.05) is 38.5 Å². The van der Waals surface area contributed by atoms with Crippen LogP contribution < -0.4 is 4.74 Å². The van der Waals surface area contributed by atoms with Crippen molar-refractivity contribution in [1.29, 1.82) is 0 Å². The lowest BCUT2D eigenvalue weighted by molar-refractivity contribution is -0.137. The Kier molecular flexibility index (Phi) is 4.63. The minimum absolute atomic E-state index is 0.0387. The van der Waals surface area contributed by atoms with Crippen LogP contribution in [0.1, 0.15) is 31.9 Å². The number of hydrogen-bond acceptors (Lipinski definition) is 2. The third-order valence-electron chi connectivity index (χ3n) is 2.60. The average molecular weight is 271 g/mol. The molecule has 0 aliphatic heterocycles. The second-order valence-corrected chi connectivity index (χ2v) is 5.89. The molecule has 1 aromatic rings. The average Bonchev–Trinajstić information content (AvgIpc) is 2.25. The number of benzene rings is 1. The molecular weight excluding hydrogens is 252 g/mol. The lowest BCUT2D eigenvalue weighted by Crippen LogP contribution is -2.23. The third-order valence-corrected chi connectivity index (χ3v) is 2.91. The van der Waals surface area contributed by atoms with Gasteiger partial charge < -0.3 is 9.84 Å². The molecule has 0 fully saturated rings. The molecule has 100 valence electrons. The lowest BCUT2D eigenvalue weighted by Gasteiger charge is -2.23. The highest BCUT2D eigenvalue weighted by molar-refractivity contribution is 6.29. The molecule has 0 heterocycles. The van der Waals surface area contributed by atoms with Crippen LogP contribution in [0.15, 0.2) is 18.2 Å². The molecule has 0 aliphatic carbocycles. The summed E-state index contributed by atoms with van der Waals surface area (Å²) in [5, 5.41) is 7.69. The number of carboxylic acids is 1. The molecule has 18 heavy (non-hydrogen) atoms. The van der Waals surface area contributed by atoms with Crippen molar-refractivity contribution < 1.29 is 14.6 Å². The molecule has 0 spiro atoms. The molecule has 0 aliphatic rings. The molecule has 1 N–H and O–H groups in total. The van der Waals surface area contributed by atoms with E-state index in [1.54, 1.807) is 0 Å². The Morgan fingerprint density at radius 3 is 2.56 bits per heavy atom. The van der Waals surface area contributed by atoms with E-state index in [1.807, 2.05) is 19.1 Å². The quantitative estimate of drug-likeness (QED) is 0.854. The van der Waals surface area contributed by atoms with Crippen LogP contribution in [-0.4, -0.2) is 23.1 Å². The van der Waals surface area contributed by atoms with Crippen LogP contribution in [0.4, 0.5) is 0 Å². The van der Waals surface area contributed by atoms with Crippen LogP contribution in [0.25, 0.3) is 0 Å². The molecule has 1 rings (SSSR count). The Morgan fingerprint density at radius 2 is 2.06 bits per heavy atom. The van der Waals surface area contributed by atoms with E-state index in [-0.39, 0.29) is 12.0 Å². The largest absolute Gasteiger partial charge is 0.491 e. The highest BCUT2D eigenvalue weighted by Crippen LogP contribution is 2.32. The van der Waals surface area contributed by atoms with Crippen LogP contribution in [0.5, 0.6) is 5.75 Å². The number of alkyl halides is 1. The van der Waals surface area contributed by atoms with Gasteiger partial charge in [-0.3, -0.25) is 4.79 Å². The van der Waals surface area contributed by atoms with Crippen LogP contribution in [0, 0.1) is 6.92 Å². The van der Waals surface area contributed by atoms with Gasteiger partial charge in [0.15, 0.2) is 5.38 Å². The Hall–Kier alpha value is -1.22. The van der Waals surface area contributed by atoms with Gasteiger partial charge >= 0.3 is 5.97 Å². The Balaban J connectivity index is 2.92. The Bertz CT molecular complexity index is 435. The molecule has 3 nitrogen and oxygen atoms in total. The van der Waals surface area contributed by atoms with Crippen molar-refractivity contribution in [2.75, 3.05) is 6.61 Å². The number of rotatable bonds is 4. The fraction of sp³-hybridized carbons (Fsp3) is 0.500. The smallest absolute Gasteiger partial charge is 0.325 e. The van der Waals surface area contributed by atoms with Crippen molar-refractivity contribution in [2.24, 2.45) is 0 Å². The van der Waals surface area contributed by atoms with E-state index in [1.165, 1.54) is 0 Å². The fourth-order valence-corrected chi connectivity index (χ4v) is 1.65. The lowest BCUT2D eigenvalue weighted by atomic mass is 9.85. The van der Waals surface area contributed by atoms with Gasteiger partial charge in [-0.05, 0) is 24.0 Å². The molecule has 0 aromatic heterocycles. The first-order valence-electron chi connectivity index (χ1n) is 5.82. The Morgan fingerprint density at radius 1 is 1.44 bits per heavy atom. The van der Waals surface area contributed by atoms with E-state index in [4.69, 9.17) is 21.4 Å². The SMILES string of the molecule is Cc1ccc(OCC(Cl)C(=O)O)c(C(C)(C)C)c1.